The minimum absolute atomic E-state index is 0.106. The van der Waals surface area contributed by atoms with Gasteiger partial charge in [0.25, 0.3) is 5.91 Å². The van der Waals surface area contributed by atoms with Gasteiger partial charge in [-0.05, 0) is 18.2 Å². The van der Waals surface area contributed by atoms with Crippen molar-refractivity contribution in [2.75, 3.05) is 25.5 Å². The molecular formula is C23H22N8O4. The number of pyridine rings is 1. The lowest BCUT2D eigenvalue weighted by atomic mass is 9.98. The predicted molar refractivity (Wildman–Crippen MR) is 123 cm³/mol. The number of aliphatic hydroxyl groups is 1. The Balaban J connectivity index is 1.26. The van der Waals surface area contributed by atoms with Gasteiger partial charge in [0.1, 0.15) is 11.4 Å². The van der Waals surface area contributed by atoms with Crippen molar-refractivity contribution in [3.63, 3.8) is 0 Å². The second kappa shape index (κ2) is 8.17. The van der Waals surface area contributed by atoms with Crippen molar-refractivity contribution >= 4 is 17.5 Å². The maximum Gasteiger partial charge on any atom is 0.262 e. The molecule has 12 heteroatoms. The topological polar surface area (TPSA) is 144 Å². The number of ether oxygens (including phenoxy) is 1. The first-order valence-electron chi connectivity index (χ1n) is 11.2. The molecule has 4 aromatic rings. The summed E-state index contributed by atoms with van der Waals surface area (Å²) in [6.07, 6.45) is 4.49. The molecule has 0 unspecified atom stereocenters. The average molecular weight is 474 g/mol. The molecule has 1 saturated heterocycles. The molecule has 2 aliphatic heterocycles. The Morgan fingerprint density at radius 2 is 1.94 bits per heavy atom. The van der Waals surface area contributed by atoms with Gasteiger partial charge in [-0.1, -0.05) is 11.2 Å². The van der Waals surface area contributed by atoms with E-state index in [1.165, 1.54) is 4.90 Å². The summed E-state index contributed by atoms with van der Waals surface area (Å²) in [5.74, 6) is 0.748. The molecule has 2 aliphatic rings. The number of anilines is 2. The quantitative estimate of drug-likeness (QED) is 0.440. The smallest absolute Gasteiger partial charge is 0.262 e. The molecule has 4 aromatic heterocycles. The monoisotopic (exact) mass is 474 g/mol. The van der Waals surface area contributed by atoms with Crippen LogP contribution in [0.4, 0.5) is 11.6 Å². The van der Waals surface area contributed by atoms with Crippen LogP contribution in [0.15, 0.2) is 47.2 Å². The van der Waals surface area contributed by atoms with Crippen molar-refractivity contribution in [3.8, 4) is 28.7 Å². The number of fused-ring (bicyclic) bond motifs is 1. The summed E-state index contributed by atoms with van der Waals surface area (Å²) in [5.41, 5.74) is 1.12. The van der Waals surface area contributed by atoms with Crippen LogP contribution < -0.4 is 10.1 Å². The Hall–Kier alpha value is -4.32. The highest BCUT2D eigenvalue weighted by Crippen LogP contribution is 2.35. The first-order valence-corrected chi connectivity index (χ1v) is 11.2. The van der Waals surface area contributed by atoms with Crippen molar-refractivity contribution in [2.45, 2.75) is 25.0 Å². The van der Waals surface area contributed by atoms with Crippen LogP contribution in [0.5, 0.6) is 5.88 Å². The number of carbonyl (C=O) groups is 1. The molecule has 12 nitrogen and oxygen atoms in total. The first kappa shape index (κ1) is 21.2. The Morgan fingerprint density at radius 3 is 2.77 bits per heavy atom. The van der Waals surface area contributed by atoms with Crippen LogP contribution in [-0.4, -0.2) is 66.0 Å². The molecule has 6 rings (SSSR count). The van der Waals surface area contributed by atoms with Crippen LogP contribution in [0, 0.1) is 0 Å². The molecule has 0 aliphatic carbocycles. The summed E-state index contributed by atoms with van der Waals surface area (Å²) >= 11 is 0. The number of likely N-dealkylation sites (tertiary alicyclic amines) is 1. The van der Waals surface area contributed by atoms with Gasteiger partial charge in [-0.15, -0.1) is 0 Å². The Bertz CT molecular complexity index is 1420. The van der Waals surface area contributed by atoms with Crippen molar-refractivity contribution in [3.05, 3.63) is 48.5 Å². The first-order chi connectivity index (χ1) is 17.0. The highest BCUT2D eigenvalue weighted by atomic mass is 16.5. The van der Waals surface area contributed by atoms with Crippen LogP contribution in [0.1, 0.15) is 18.6 Å². The fourth-order valence-electron chi connectivity index (χ4n) is 4.23. The number of nitrogens with zero attached hydrogens (tertiary/aromatic N) is 7. The van der Waals surface area contributed by atoms with Gasteiger partial charge in [0, 0.05) is 45.2 Å². The van der Waals surface area contributed by atoms with Crippen LogP contribution >= 0.6 is 0 Å². The van der Waals surface area contributed by atoms with Gasteiger partial charge >= 0.3 is 0 Å². The van der Waals surface area contributed by atoms with E-state index in [2.05, 4.69) is 30.5 Å². The van der Waals surface area contributed by atoms with E-state index >= 15 is 0 Å². The Labute approximate surface area is 199 Å². The van der Waals surface area contributed by atoms with Gasteiger partial charge in [-0.2, -0.15) is 5.10 Å². The minimum Gasteiger partial charge on any atom is -0.476 e. The second-order valence-corrected chi connectivity index (χ2v) is 8.50. The minimum atomic E-state index is -1.71. The highest BCUT2D eigenvalue weighted by Gasteiger charge is 2.48. The van der Waals surface area contributed by atoms with Gasteiger partial charge in [0.05, 0.1) is 29.9 Å². The number of hydrogen-bond donors (Lipinski definition) is 2. The summed E-state index contributed by atoms with van der Waals surface area (Å²) in [5, 5.41) is 22.4. The third-order valence-corrected chi connectivity index (χ3v) is 6.15. The molecule has 0 spiro atoms. The predicted octanol–water partition coefficient (Wildman–Crippen LogP) is 1.97. The number of rotatable bonds is 5. The number of carbonyl (C=O) groups excluding carboxylic acids is 1. The standard InChI is InChI=1S/C23H22N8O4/c1-30-10-7-23(33,21(30)32)19-12-17(29-35-19)15-5-2-4-14(26-15)16-6-8-24-22(27-16)28-18-13-25-31-9-3-11-34-20(18)31/h2,4-6,8,12-13,33H,3,7,9-11H2,1H3,(H,24,27,28)/t23-/m1/s1. The number of hydrogen-bond acceptors (Lipinski definition) is 10. The lowest BCUT2D eigenvalue weighted by Gasteiger charge is -2.16. The van der Waals surface area contributed by atoms with E-state index in [-0.39, 0.29) is 12.2 Å². The van der Waals surface area contributed by atoms with E-state index in [0.717, 1.165) is 13.0 Å². The normalized spacial score (nSPS) is 19.5. The molecule has 0 radical (unpaired) electrons. The van der Waals surface area contributed by atoms with Crippen LogP contribution in [0.2, 0.25) is 0 Å². The third-order valence-electron chi connectivity index (χ3n) is 6.15. The van der Waals surface area contributed by atoms with Crippen molar-refractivity contribution in [1.82, 2.24) is 34.8 Å². The maximum absolute atomic E-state index is 12.4. The number of amides is 1. The SMILES string of the molecule is CN1CC[C@@](O)(c2cc(-c3cccc(-c4ccnc(Nc5cnn6c5OCCC6)n4)n3)no2)C1=O. The average Bonchev–Trinajstić information content (AvgIpc) is 3.61. The molecule has 0 bridgehead atoms. The molecule has 1 atom stereocenters. The van der Waals surface area contributed by atoms with Gasteiger partial charge in [-0.3, -0.25) is 4.79 Å². The molecule has 2 N–H and O–H groups in total. The summed E-state index contributed by atoms with van der Waals surface area (Å²) in [4.78, 5) is 27.4. The number of aryl methyl sites for hydroxylation is 1. The zero-order valence-electron chi connectivity index (χ0n) is 18.9. The molecule has 35 heavy (non-hydrogen) atoms. The summed E-state index contributed by atoms with van der Waals surface area (Å²) in [6.45, 7) is 1.89. The molecule has 6 heterocycles. The van der Waals surface area contributed by atoms with E-state index in [4.69, 9.17) is 9.26 Å². The Morgan fingerprint density at radius 1 is 1.11 bits per heavy atom. The van der Waals surface area contributed by atoms with Crippen molar-refractivity contribution < 1.29 is 19.2 Å². The highest BCUT2D eigenvalue weighted by molar-refractivity contribution is 5.87. The largest absolute Gasteiger partial charge is 0.476 e. The van der Waals surface area contributed by atoms with E-state index < -0.39 is 11.5 Å². The number of aromatic nitrogens is 6. The van der Waals surface area contributed by atoms with Gasteiger partial charge in [0.2, 0.25) is 17.4 Å². The summed E-state index contributed by atoms with van der Waals surface area (Å²) in [7, 11) is 1.64. The number of nitrogens with one attached hydrogen (secondary N) is 1. The second-order valence-electron chi connectivity index (χ2n) is 8.50. The van der Waals surface area contributed by atoms with E-state index in [1.807, 2.05) is 12.1 Å². The molecular weight excluding hydrogens is 452 g/mol. The van der Waals surface area contributed by atoms with Crippen LogP contribution in [-0.2, 0) is 16.9 Å². The molecule has 178 valence electrons. The zero-order valence-corrected chi connectivity index (χ0v) is 18.9. The molecule has 1 amide bonds. The van der Waals surface area contributed by atoms with Gasteiger partial charge < -0.3 is 24.6 Å². The summed E-state index contributed by atoms with van der Waals surface area (Å²) < 4.78 is 12.9. The van der Waals surface area contributed by atoms with E-state index in [0.29, 0.717) is 53.4 Å². The molecule has 1 fully saturated rings. The number of likely N-dealkylation sites (N-methyl/N-ethyl adjacent to an activating group) is 1. The molecule has 0 saturated carbocycles. The maximum atomic E-state index is 12.4. The van der Waals surface area contributed by atoms with Gasteiger partial charge in [0.15, 0.2) is 5.76 Å². The third kappa shape index (κ3) is 3.67. The van der Waals surface area contributed by atoms with E-state index in [9.17, 15) is 9.90 Å². The van der Waals surface area contributed by atoms with E-state index in [1.54, 1.807) is 42.3 Å². The van der Waals surface area contributed by atoms with Crippen LogP contribution in [0.3, 0.4) is 0 Å². The van der Waals surface area contributed by atoms with Crippen molar-refractivity contribution in [2.24, 2.45) is 0 Å². The molecule has 0 aromatic carbocycles. The summed E-state index contributed by atoms with van der Waals surface area (Å²) in [6, 6.07) is 8.73. The Kier molecular flexibility index (Phi) is 4.95. The lowest BCUT2D eigenvalue weighted by molar-refractivity contribution is -0.144. The fraction of sp³-hybridized carbons (Fsp3) is 0.304. The zero-order chi connectivity index (χ0) is 24.0. The van der Waals surface area contributed by atoms with Crippen molar-refractivity contribution in [1.29, 1.82) is 0 Å². The van der Waals surface area contributed by atoms with Gasteiger partial charge in [-0.25, -0.2) is 19.6 Å². The lowest BCUT2D eigenvalue weighted by Crippen LogP contribution is -2.35. The fourth-order valence-corrected chi connectivity index (χ4v) is 4.23. The van der Waals surface area contributed by atoms with Crippen LogP contribution in [0.25, 0.3) is 22.8 Å².